The maximum Gasteiger partial charge on any atom is 0.152 e. The molecule has 2 nitrogen and oxygen atoms in total. The third kappa shape index (κ3) is 1.78. The molecule has 1 heterocycles. The number of carbonyl (C=O) groups excluding carboxylic acids is 1. The Balaban J connectivity index is 2.71. The smallest absolute Gasteiger partial charge is 0.152 e. The zero-order chi connectivity index (χ0) is 13.4. The molecule has 2 aromatic rings. The molecule has 0 aliphatic heterocycles. The Labute approximate surface area is 108 Å². The summed E-state index contributed by atoms with van der Waals surface area (Å²) in [6.07, 6.45) is 0.954. The lowest BCUT2D eigenvalue weighted by atomic mass is 10.1. The Kier molecular flexibility index (Phi) is 3.12. The van der Waals surface area contributed by atoms with E-state index in [1.165, 1.54) is 11.1 Å². The van der Waals surface area contributed by atoms with Crippen molar-refractivity contribution in [1.29, 1.82) is 0 Å². The van der Waals surface area contributed by atoms with Crippen LogP contribution in [0.3, 0.4) is 0 Å². The highest BCUT2D eigenvalue weighted by atomic mass is 16.1. The number of benzene rings is 1. The molecule has 0 atom stereocenters. The molecule has 18 heavy (non-hydrogen) atoms. The van der Waals surface area contributed by atoms with Crippen LogP contribution in [0.5, 0.6) is 0 Å². The molecule has 94 valence electrons. The van der Waals surface area contributed by atoms with E-state index in [-0.39, 0.29) is 0 Å². The van der Waals surface area contributed by atoms with Crippen LogP contribution in [-0.2, 0) is 0 Å². The molecular weight excluding hydrogens is 222 g/mol. The molecule has 2 rings (SSSR count). The highest BCUT2D eigenvalue weighted by Crippen LogP contribution is 2.25. The molecule has 0 amide bonds. The van der Waals surface area contributed by atoms with Crippen LogP contribution >= 0.6 is 0 Å². The molecule has 0 saturated heterocycles. The fourth-order valence-corrected chi connectivity index (χ4v) is 2.43. The molecule has 0 saturated carbocycles. The van der Waals surface area contributed by atoms with Crippen molar-refractivity contribution >= 4 is 6.29 Å². The maximum absolute atomic E-state index is 11.2. The van der Waals surface area contributed by atoms with E-state index in [2.05, 4.69) is 43.5 Å². The number of aldehydes is 1. The van der Waals surface area contributed by atoms with Gasteiger partial charge in [-0.1, -0.05) is 6.07 Å². The van der Waals surface area contributed by atoms with Gasteiger partial charge in [-0.15, -0.1) is 0 Å². The first kappa shape index (κ1) is 12.6. The van der Waals surface area contributed by atoms with Crippen LogP contribution in [-0.4, -0.2) is 10.9 Å². The average Bonchev–Trinajstić information content (AvgIpc) is 2.54. The van der Waals surface area contributed by atoms with E-state index in [1.54, 1.807) is 0 Å². The normalized spacial score (nSPS) is 10.7. The first-order chi connectivity index (χ1) is 8.47. The number of hydrogen-bond donors (Lipinski definition) is 0. The number of carbonyl (C=O) groups is 1. The minimum Gasteiger partial charge on any atom is -0.317 e. The third-order valence-corrected chi connectivity index (χ3v) is 3.87. The van der Waals surface area contributed by atoms with E-state index in [1.807, 2.05) is 13.8 Å². The van der Waals surface area contributed by atoms with E-state index in [4.69, 9.17) is 0 Å². The fourth-order valence-electron chi connectivity index (χ4n) is 2.43. The zero-order valence-corrected chi connectivity index (χ0v) is 11.7. The Morgan fingerprint density at radius 2 is 1.61 bits per heavy atom. The second kappa shape index (κ2) is 4.45. The quantitative estimate of drug-likeness (QED) is 0.732. The van der Waals surface area contributed by atoms with Crippen LogP contribution in [0.2, 0.25) is 0 Å². The standard InChI is InChI=1S/C16H19NO/c1-10-6-7-15(8-11(10)2)17-13(4)12(3)16(9-18)14(17)5/h6-9H,1-5H3. The van der Waals surface area contributed by atoms with Crippen LogP contribution in [0.15, 0.2) is 18.2 Å². The molecule has 0 fully saturated rings. The molecule has 0 unspecified atom stereocenters. The van der Waals surface area contributed by atoms with Crippen LogP contribution in [0.1, 0.15) is 38.4 Å². The van der Waals surface area contributed by atoms with Crippen LogP contribution < -0.4 is 0 Å². The van der Waals surface area contributed by atoms with E-state index in [0.717, 1.165) is 34.5 Å². The van der Waals surface area contributed by atoms with Gasteiger partial charge in [0.05, 0.1) is 0 Å². The second-order valence-corrected chi connectivity index (χ2v) is 4.93. The summed E-state index contributed by atoms with van der Waals surface area (Å²) in [5.41, 5.74) is 7.72. The maximum atomic E-state index is 11.2. The van der Waals surface area contributed by atoms with E-state index in [9.17, 15) is 4.79 Å². The minimum atomic E-state index is 0.811. The predicted molar refractivity (Wildman–Crippen MR) is 74.8 cm³/mol. The molecule has 0 aliphatic carbocycles. The third-order valence-electron chi connectivity index (χ3n) is 3.87. The topological polar surface area (TPSA) is 22.0 Å². The fraction of sp³-hybridized carbons (Fsp3) is 0.312. The van der Waals surface area contributed by atoms with Gasteiger partial charge in [0.1, 0.15) is 0 Å². The molecule has 2 heteroatoms. The van der Waals surface area contributed by atoms with Crippen molar-refractivity contribution in [3.63, 3.8) is 0 Å². The van der Waals surface area contributed by atoms with Gasteiger partial charge in [0.2, 0.25) is 0 Å². The van der Waals surface area contributed by atoms with E-state index in [0.29, 0.717) is 0 Å². The SMILES string of the molecule is Cc1ccc(-n2c(C)c(C)c(C=O)c2C)cc1C. The highest BCUT2D eigenvalue weighted by Gasteiger charge is 2.15. The van der Waals surface area contributed by atoms with Gasteiger partial charge < -0.3 is 4.57 Å². The average molecular weight is 241 g/mol. The van der Waals surface area contributed by atoms with Gasteiger partial charge in [-0.3, -0.25) is 4.79 Å². The number of rotatable bonds is 2. The number of hydrogen-bond acceptors (Lipinski definition) is 1. The van der Waals surface area contributed by atoms with Crippen molar-refractivity contribution in [2.75, 3.05) is 0 Å². The molecule has 0 aliphatic rings. The van der Waals surface area contributed by atoms with Crippen LogP contribution in [0.25, 0.3) is 5.69 Å². The van der Waals surface area contributed by atoms with Gasteiger partial charge >= 0.3 is 0 Å². The Morgan fingerprint density at radius 1 is 0.944 bits per heavy atom. The van der Waals surface area contributed by atoms with Gasteiger partial charge in [-0.2, -0.15) is 0 Å². The number of nitrogens with zero attached hydrogens (tertiary/aromatic N) is 1. The lowest BCUT2D eigenvalue weighted by Gasteiger charge is -2.11. The minimum absolute atomic E-state index is 0.811. The largest absolute Gasteiger partial charge is 0.317 e. The van der Waals surface area contributed by atoms with Crippen molar-refractivity contribution < 1.29 is 4.79 Å². The molecular formula is C16H19NO. The Morgan fingerprint density at radius 3 is 2.11 bits per heavy atom. The Hall–Kier alpha value is -1.83. The van der Waals surface area contributed by atoms with Crippen molar-refractivity contribution in [2.24, 2.45) is 0 Å². The lowest BCUT2D eigenvalue weighted by Crippen LogP contribution is -2.00. The van der Waals surface area contributed by atoms with Gasteiger partial charge in [0.25, 0.3) is 0 Å². The van der Waals surface area contributed by atoms with Gasteiger partial charge in [0, 0.05) is 22.6 Å². The first-order valence-electron chi connectivity index (χ1n) is 6.18. The summed E-state index contributed by atoms with van der Waals surface area (Å²) in [7, 11) is 0. The summed E-state index contributed by atoms with van der Waals surface area (Å²) >= 11 is 0. The van der Waals surface area contributed by atoms with Gasteiger partial charge in [-0.25, -0.2) is 0 Å². The molecule has 0 N–H and O–H groups in total. The second-order valence-electron chi connectivity index (χ2n) is 4.93. The van der Waals surface area contributed by atoms with E-state index < -0.39 is 0 Å². The van der Waals surface area contributed by atoms with Gasteiger partial charge in [-0.05, 0) is 63.4 Å². The van der Waals surface area contributed by atoms with Crippen LogP contribution in [0, 0.1) is 34.6 Å². The van der Waals surface area contributed by atoms with Crippen LogP contribution in [0.4, 0.5) is 0 Å². The molecule has 0 bridgehead atoms. The summed E-state index contributed by atoms with van der Waals surface area (Å²) in [6, 6.07) is 6.40. The number of aromatic nitrogens is 1. The van der Waals surface area contributed by atoms with Crippen molar-refractivity contribution in [3.8, 4) is 5.69 Å². The number of aryl methyl sites for hydroxylation is 2. The Bertz CT molecular complexity index is 621. The zero-order valence-electron chi connectivity index (χ0n) is 11.7. The molecule has 1 aromatic heterocycles. The summed E-state index contributed by atoms with van der Waals surface area (Å²) in [6.45, 7) is 10.3. The monoisotopic (exact) mass is 241 g/mol. The van der Waals surface area contributed by atoms with Crippen molar-refractivity contribution in [2.45, 2.75) is 34.6 Å². The molecule has 1 aromatic carbocycles. The van der Waals surface area contributed by atoms with E-state index >= 15 is 0 Å². The predicted octanol–water partition coefficient (Wildman–Crippen LogP) is 3.83. The van der Waals surface area contributed by atoms with Crippen molar-refractivity contribution in [1.82, 2.24) is 4.57 Å². The molecule has 0 radical (unpaired) electrons. The summed E-state index contributed by atoms with van der Waals surface area (Å²) < 4.78 is 2.16. The summed E-state index contributed by atoms with van der Waals surface area (Å²) in [4.78, 5) is 11.2. The van der Waals surface area contributed by atoms with Crippen molar-refractivity contribution in [3.05, 3.63) is 51.8 Å². The summed E-state index contributed by atoms with van der Waals surface area (Å²) in [5, 5.41) is 0. The lowest BCUT2D eigenvalue weighted by molar-refractivity contribution is 0.112. The summed E-state index contributed by atoms with van der Waals surface area (Å²) in [5.74, 6) is 0. The first-order valence-corrected chi connectivity index (χ1v) is 6.18. The van der Waals surface area contributed by atoms with Gasteiger partial charge in [0.15, 0.2) is 6.29 Å². The molecule has 0 spiro atoms. The highest BCUT2D eigenvalue weighted by molar-refractivity contribution is 5.80.